The number of likely N-dealkylation sites (tertiary alicyclic amines) is 1. The van der Waals surface area contributed by atoms with Crippen LogP contribution in [0.25, 0.3) is 0 Å². The predicted molar refractivity (Wildman–Crippen MR) is 128 cm³/mol. The Kier molecular flexibility index (Phi) is 7.98. The molecule has 0 spiro atoms. The fourth-order valence-corrected chi connectivity index (χ4v) is 4.91. The lowest BCUT2D eigenvalue weighted by Crippen LogP contribution is -2.60. The van der Waals surface area contributed by atoms with Crippen LogP contribution < -0.4 is 10.6 Å². The molecule has 10 heteroatoms. The smallest absolute Gasteiger partial charge is 0.408 e. The third-order valence-electron chi connectivity index (χ3n) is 6.96. The third kappa shape index (κ3) is 6.13. The molecule has 10 nitrogen and oxygen atoms in total. The van der Waals surface area contributed by atoms with Gasteiger partial charge in [0.15, 0.2) is 0 Å². The Labute approximate surface area is 207 Å². The zero-order valence-electron chi connectivity index (χ0n) is 22.6. The van der Waals surface area contributed by atoms with Crippen molar-refractivity contribution in [1.82, 2.24) is 15.5 Å². The molecule has 5 atom stereocenters. The van der Waals surface area contributed by atoms with Crippen LogP contribution in [0.5, 0.6) is 0 Å². The van der Waals surface area contributed by atoms with Crippen molar-refractivity contribution in [3.8, 4) is 0 Å². The normalized spacial score (nSPS) is 24.5. The maximum absolute atomic E-state index is 13.8. The molecule has 198 valence electrons. The average Bonchev–Trinajstić information content (AvgIpc) is 3.07. The average molecular weight is 496 g/mol. The van der Waals surface area contributed by atoms with E-state index in [2.05, 4.69) is 15.4 Å². The van der Waals surface area contributed by atoms with Crippen molar-refractivity contribution >= 4 is 29.7 Å². The number of rotatable bonds is 7. The van der Waals surface area contributed by atoms with Crippen molar-refractivity contribution in [1.29, 1.82) is 0 Å². The first-order valence-corrected chi connectivity index (χ1v) is 12.1. The molecule has 1 heterocycles. The predicted octanol–water partition coefficient (Wildman–Crippen LogP) is 2.05. The topological polar surface area (TPSA) is 131 Å². The fourth-order valence-electron chi connectivity index (χ4n) is 4.91. The maximum Gasteiger partial charge on any atom is 0.408 e. The summed E-state index contributed by atoms with van der Waals surface area (Å²) in [5.74, 6) is -2.75. The van der Waals surface area contributed by atoms with Crippen molar-refractivity contribution in [2.45, 2.75) is 92.5 Å². The van der Waals surface area contributed by atoms with Crippen LogP contribution >= 0.6 is 0 Å². The molecule has 1 saturated heterocycles. The second-order valence-corrected chi connectivity index (χ2v) is 12.2. The molecule has 2 aliphatic rings. The van der Waals surface area contributed by atoms with Crippen LogP contribution in [0.15, 0.2) is 0 Å². The number of carbonyl (C=O) groups excluding carboxylic acids is 5. The fraction of sp³-hybridized carbons (Fsp3) is 0.800. The summed E-state index contributed by atoms with van der Waals surface area (Å²) < 4.78 is 9.87. The minimum atomic E-state index is -1.05. The Hall–Kier alpha value is -2.65. The number of ether oxygens (including phenoxy) is 2. The number of nitrogens with one attached hydrogen (secondary N) is 2. The number of alkyl carbamates (subject to hydrolysis) is 1. The van der Waals surface area contributed by atoms with Gasteiger partial charge in [0, 0.05) is 6.54 Å². The molecule has 0 radical (unpaired) electrons. The van der Waals surface area contributed by atoms with Gasteiger partial charge in [0.25, 0.3) is 5.78 Å². The van der Waals surface area contributed by atoms with Crippen LogP contribution in [-0.2, 0) is 28.7 Å². The van der Waals surface area contributed by atoms with E-state index in [9.17, 15) is 24.0 Å². The van der Waals surface area contributed by atoms with Gasteiger partial charge in [-0.2, -0.15) is 0 Å². The van der Waals surface area contributed by atoms with Gasteiger partial charge in [-0.25, -0.2) is 9.59 Å². The van der Waals surface area contributed by atoms with E-state index in [1.54, 1.807) is 27.7 Å². The number of amides is 3. The number of hydrogen-bond acceptors (Lipinski definition) is 7. The van der Waals surface area contributed by atoms with Crippen molar-refractivity contribution < 1.29 is 33.4 Å². The summed E-state index contributed by atoms with van der Waals surface area (Å²) in [4.78, 5) is 65.3. The van der Waals surface area contributed by atoms with Gasteiger partial charge >= 0.3 is 12.1 Å². The molecule has 2 N–H and O–H groups in total. The highest BCUT2D eigenvalue weighted by atomic mass is 16.6. The number of Topliss-reactive ketones (excluding diaryl/α,β-unsaturated/α-hetero) is 1. The van der Waals surface area contributed by atoms with E-state index in [-0.39, 0.29) is 29.6 Å². The number of ketones is 1. The lowest BCUT2D eigenvalue weighted by Gasteiger charge is -2.38. The van der Waals surface area contributed by atoms with Crippen LogP contribution in [0.2, 0.25) is 0 Å². The van der Waals surface area contributed by atoms with Crippen LogP contribution in [0.4, 0.5) is 4.79 Å². The van der Waals surface area contributed by atoms with Gasteiger partial charge in [-0.05, 0) is 49.9 Å². The number of fused-ring (bicyclic) bond motifs is 1. The van der Waals surface area contributed by atoms with Gasteiger partial charge in [-0.1, -0.05) is 41.5 Å². The Balaban J connectivity index is 2.30. The molecule has 1 aliphatic carbocycles. The summed E-state index contributed by atoms with van der Waals surface area (Å²) in [5, 5.41) is 5.35. The molecule has 3 amide bonds. The number of piperidine rings is 1. The van der Waals surface area contributed by atoms with Gasteiger partial charge in [0.1, 0.15) is 17.7 Å². The SMILES string of the molecule is CCC(NC(=O)[C@@H]1[C@@H]2C(CN1C(=O)[C@@H](NC(=O)OC(C)(C)C)C(C)(C)C)C2(C)C)C(=O)C(=O)OC. The van der Waals surface area contributed by atoms with Crippen molar-refractivity contribution in [2.24, 2.45) is 22.7 Å². The lowest BCUT2D eigenvalue weighted by atomic mass is 9.85. The van der Waals surface area contributed by atoms with Gasteiger partial charge in [0.05, 0.1) is 13.2 Å². The molecule has 1 aliphatic heterocycles. The number of methoxy groups -OCH3 is 1. The van der Waals surface area contributed by atoms with E-state index in [1.807, 2.05) is 34.6 Å². The molecule has 0 aromatic rings. The molecule has 0 aromatic heterocycles. The zero-order chi connectivity index (χ0) is 27.1. The van der Waals surface area contributed by atoms with Gasteiger partial charge in [-0.3, -0.25) is 14.4 Å². The zero-order valence-corrected chi connectivity index (χ0v) is 22.6. The summed E-state index contributed by atoms with van der Waals surface area (Å²) in [5.41, 5.74) is -1.55. The summed E-state index contributed by atoms with van der Waals surface area (Å²) in [6, 6.07) is -2.81. The molecule has 35 heavy (non-hydrogen) atoms. The van der Waals surface area contributed by atoms with Crippen LogP contribution in [0.3, 0.4) is 0 Å². The van der Waals surface area contributed by atoms with E-state index in [1.165, 1.54) is 4.90 Å². The standard InChI is InChI=1S/C25H41N3O7/c1-11-14(17(29)21(32)34-10)26-19(30)16-15-13(25(15,8)9)12-28(16)20(31)18(23(2,3)4)27-22(33)35-24(5,6)7/h13-16,18H,11-12H2,1-10H3,(H,26,30)(H,27,33)/t13?,14?,15-,16-,18+/m0/s1. The van der Waals surface area contributed by atoms with E-state index >= 15 is 0 Å². The molecule has 0 bridgehead atoms. The Bertz CT molecular complexity index is 884. The van der Waals surface area contributed by atoms with Crippen LogP contribution in [-0.4, -0.2) is 71.9 Å². The molecular formula is C25H41N3O7. The molecular weight excluding hydrogens is 454 g/mol. The van der Waals surface area contributed by atoms with E-state index in [0.717, 1.165) is 7.11 Å². The molecule has 2 fully saturated rings. The largest absolute Gasteiger partial charge is 0.463 e. The molecule has 0 aromatic carbocycles. The summed E-state index contributed by atoms with van der Waals surface area (Å²) in [6.07, 6.45) is -0.519. The minimum Gasteiger partial charge on any atom is -0.463 e. The number of hydrogen-bond donors (Lipinski definition) is 2. The highest BCUT2D eigenvalue weighted by molar-refractivity contribution is 6.36. The van der Waals surface area contributed by atoms with Crippen molar-refractivity contribution in [3.63, 3.8) is 0 Å². The van der Waals surface area contributed by atoms with Crippen LogP contribution in [0, 0.1) is 22.7 Å². The first-order chi connectivity index (χ1) is 15.9. The van der Waals surface area contributed by atoms with Gasteiger partial charge in [-0.15, -0.1) is 0 Å². The highest BCUT2D eigenvalue weighted by Gasteiger charge is 2.69. The van der Waals surface area contributed by atoms with Crippen molar-refractivity contribution in [3.05, 3.63) is 0 Å². The first kappa shape index (κ1) is 28.6. The number of nitrogens with zero attached hydrogens (tertiary/aromatic N) is 1. The highest BCUT2D eigenvalue weighted by Crippen LogP contribution is 2.65. The lowest BCUT2D eigenvalue weighted by molar-refractivity contribution is -0.153. The molecule has 1 saturated carbocycles. The number of esters is 1. The Morgan fingerprint density at radius 1 is 1.03 bits per heavy atom. The first-order valence-electron chi connectivity index (χ1n) is 12.1. The Morgan fingerprint density at radius 3 is 2.06 bits per heavy atom. The molecule has 2 rings (SSSR count). The number of carbonyl (C=O) groups is 5. The second kappa shape index (κ2) is 9.78. The van der Waals surface area contributed by atoms with Gasteiger partial charge in [0.2, 0.25) is 11.8 Å². The van der Waals surface area contributed by atoms with Crippen molar-refractivity contribution in [2.75, 3.05) is 13.7 Å². The summed E-state index contributed by atoms with van der Waals surface area (Å²) in [6.45, 7) is 16.8. The third-order valence-corrected chi connectivity index (χ3v) is 6.96. The van der Waals surface area contributed by atoms with E-state index < -0.39 is 52.9 Å². The van der Waals surface area contributed by atoms with Gasteiger partial charge < -0.3 is 25.0 Å². The second-order valence-electron chi connectivity index (χ2n) is 12.2. The quantitative estimate of drug-likeness (QED) is 0.408. The van der Waals surface area contributed by atoms with E-state index in [4.69, 9.17) is 4.74 Å². The van der Waals surface area contributed by atoms with E-state index in [0.29, 0.717) is 6.54 Å². The monoisotopic (exact) mass is 495 g/mol. The summed E-state index contributed by atoms with van der Waals surface area (Å²) in [7, 11) is 1.10. The Morgan fingerprint density at radius 2 is 1.60 bits per heavy atom. The minimum absolute atomic E-state index is 0.0978. The summed E-state index contributed by atoms with van der Waals surface area (Å²) >= 11 is 0. The van der Waals surface area contributed by atoms with Crippen LogP contribution in [0.1, 0.15) is 68.7 Å². The molecule has 2 unspecified atom stereocenters. The maximum atomic E-state index is 13.8.